The summed E-state index contributed by atoms with van der Waals surface area (Å²) >= 11 is 5.85. The van der Waals surface area contributed by atoms with Crippen LogP contribution < -0.4 is 0 Å². The van der Waals surface area contributed by atoms with Crippen LogP contribution in [0.2, 0.25) is 5.15 Å². The SMILES string of the molecule is CC(C(=O)O)c1cccc2c(Cl)ncn12. The van der Waals surface area contributed by atoms with Crippen molar-refractivity contribution in [3.05, 3.63) is 35.4 Å². The van der Waals surface area contributed by atoms with Crippen molar-refractivity contribution in [2.24, 2.45) is 0 Å². The zero-order valence-corrected chi connectivity index (χ0v) is 8.77. The van der Waals surface area contributed by atoms with Crippen LogP contribution in [0.1, 0.15) is 18.5 Å². The molecule has 0 aliphatic heterocycles. The summed E-state index contributed by atoms with van der Waals surface area (Å²) in [7, 11) is 0. The topological polar surface area (TPSA) is 54.6 Å². The average Bonchev–Trinajstić information content (AvgIpc) is 2.59. The molecule has 2 heterocycles. The molecule has 1 atom stereocenters. The molecular formula is C10H9ClN2O2. The van der Waals surface area contributed by atoms with Gasteiger partial charge in [-0.15, -0.1) is 0 Å². The maximum Gasteiger partial charge on any atom is 0.312 e. The number of nitrogens with zero attached hydrogens (tertiary/aromatic N) is 2. The van der Waals surface area contributed by atoms with Gasteiger partial charge >= 0.3 is 5.97 Å². The molecule has 4 nitrogen and oxygen atoms in total. The van der Waals surface area contributed by atoms with E-state index in [0.29, 0.717) is 10.8 Å². The van der Waals surface area contributed by atoms with Crippen LogP contribution in [0.5, 0.6) is 0 Å². The summed E-state index contributed by atoms with van der Waals surface area (Å²) in [5, 5.41) is 9.32. The summed E-state index contributed by atoms with van der Waals surface area (Å²) in [4.78, 5) is 14.8. The van der Waals surface area contributed by atoms with Gasteiger partial charge in [-0.05, 0) is 19.1 Å². The Morgan fingerprint density at radius 2 is 2.33 bits per heavy atom. The molecule has 78 valence electrons. The molecule has 2 aromatic rings. The molecule has 2 rings (SSSR count). The highest BCUT2D eigenvalue weighted by Crippen LogP contribution is 2.21. The number of halogens is 1. The van der Waals surface area contributed by atoms with Crippen molar-refractivity contribution < 1.29 is 9.90 Å². The molecule has 0 aliphatic rings. The van der Waals surface area contributed by atoms with Gasteiger partial charge in [0.1, 0.15) is 6.33 Å². The van der Waals surface area contributed by atoms with E-state index in [0.717, 1.165) is 5.52 Å². The van der Waals surface area contributed by atoms with Gasteiger partial charge in [-0.25, -0.2) is 4.98 Å². The molecule has 1 unspecified atom stereocenters. The van der Waals surface area contributed by atoms with Crippen LogP contribution in [-0.4, -0.2) is 20.5 Å². The third kappa shape index (κ3) is 1.57. The molecule has 0 radical (unpaired) electrons. The molecule has 15 heavy (non-hydrogen) atoms. The first kappa shape index (κ1) is 9.98. The second kappa shape index (κ2) is 3.55. The van der Waals surface area contributed by atoms with Gasteiger partial charge in [-0.1, -0.05) is 17.7 Å². The van der Waals surface area contributed by atoms with Crippen molar-refractivity contribution in [3.8, 4) is 0 Å². The highest BCUT2D eigenvalue weighted by atomic mass is 35.5. The third-order valence-corrected chi connectivity index (χ3v) is 2.66. The predicted molar refractivity (Wildman–Crippen MR) is 56.3 cm³/mol. The molecule has 0 bridgehead atoms. The molecule has 0 fully saturated rings. The Bertz CT molecular complexity index is 521. The molecule has 1 N–H and O–H groups in total. The Kier molecular flexibility index (Phi) is 2.36. The lowest BCUT2D eigenvalue weighted by atomic mass is 10.1. The van der Waals surface area contributed by atoms with Crippen molar-refractivity contribution in [1.29, 1.82) is 0 Å². The number of hydrogen-bond acceptors (Lipinski definition) is 2. The Morgan fingerprint density at radius 3 is 3.00 bits per heavy atom. The smallest absolute Gasteiger partial charge is 0.312 e. The lowest BCUT2D eigenvalue weighted by molar-refractivity contribution is -0.138. The van der Waals surface area contributed by atoms with Crippen LogP contribution in [0, 0.1) is 0 Å². The minimum atomic E-state index is -0.868. The van der Waals surface area contributed by atoms with Crippen molar-refractivity contribution in [3.63, 3.8) is 0 Å². The molecular weight excluding hydrogens is 216 g/mol. The van der Waals surface area contributed by atoms with Gasteiger partial charge in [-0.2, -0.15) is 0 Å². The lowest BCUT2D eigenvalue weighted by Gasteiger charge is -2.09. The first-order valence-corrected chi connectivity index (χ1v) is 4.83. The quantitative estimate of drug-likeness (QED) is 0.851. The fourth-order valence-corrected chi connectivity index (χ4v) is 1.69. The van der Waals surface area contributed by atoms with E-state index in [1.54, 1.807) is 29.5 Å². The maximum atomic E-state index is 10.9. The van der Waals surface area contributed by atoms with E-state index in [4.69, 9.17) is 16.7 Å². The Hall–Kier alpha value is -1.55. The molecule has 2 aromatic heterocycles. The Balaban J connectivity index is 2.66. The number of carboxylic acid groups (broad SMARTS) is 1. The van der Waals surface area contributed by atoms with Gasteiger partial charge in [0.15, 0.2) is 5.15 Å². The Labute approximate surface area is 91.1 Å². The molecule has 0 aliphatic carbocycles. The van der Waals surface area contributed by atoms with Gasteiger partial charge in [0.05, 0.1) is 11.4 Å². The predicted octanol–water partition coefficient (Wildman–Crippen LogP) is 2.18. The summed E-state index contributed by atoms with van der Waals surface area (Å²) < 4.78 is 1.70. The number of rotatable bonds is 2. The molecule has 0 saturated heterocycles. The van der Waals surface area contributed by atoms with Crippen LogP contribution >= 0.6 is 11.6 Å². The van der Waals surface area contributed by atoms with E-state index in [-0.39, 0.29) is 0 Å². The van der Waals surface area contributed by atoms with Crippen LogP contribution in [0.3, 0.4) is 0 Å². The molecule has 5 heteroatoms. The van der Waals surface area contributed by atoms with Crippen molar-refractivity contribution in [2.45, 2.75) is 12.8 Å². The van der Waals surface area contributed by atoms with E-state index in [2.05, 4.69) is 4.98 Å². The van der Waals surface area contributed by atoms with E-state index in [9.17, 15) is 4.79 Å². The normalized spacial score (nSPS) is 12.9. The summed E-state index contributed by atoms with van der Waals surface area (Å²) in [6.45, 7) is 1.63. The van der Waals surface area contributed by atoms with Crippen molar-refractivity contribution in [2.75, 3.05) is 0 Å². The lowest BCUT2D eigenvalue weighted by Crippen LogP contribution is -2.11. The zero-order chi connectivity index (χ0) is 11.0. The minimum absolute atomic E-state index is 0.384. The number of imidazole rings is 1. The first-order chi connectivity index (χ1) is 7.11. The van der Waals surface area contributed by atoms with Gasteiger partial charge in [0, 0.05) is 5.69 Å². The highest BCUT2D eigenvalue weighted by Gasteiger charge is 2.17. The van der Waals surface area contributed by atoms with Gasteiger partial charge in [0.2, 0.25) is 0 Å². The fraction of sp³-hybridized carbons (Fsp3) is 0.200. The second-order valence-corrected chi connectivity index (χ2v) is 3.66. The average molecular weight is 225 g/mol. The Morgan fingerprint density at radius 1 is 1.60 bits per heavy atom. The summed E-state index contributed by atoms with van der Waals surface area (Å²) in [5.74, 6) is -1.45. The van der Waals surface area contributed by atoms with Gasteiger partial charge in [0.25, 0.3) is 0 Å². The number of carbonyl (C=O) groups is 1. The van der Waals surface area contributed by atoms with E-state index in [1.165, 1.54) is 6.33 Å². The summed E-state index contributed by atoms with van der Waals surface area (Å²) in [5.41, 5.74) is 1.39. The van der Waals surface area contributed by atoms with Crippen molar-refractivity contribution >= 4 is 23.1 Å². The molecule has 0 aromatic carbocycles. The maximum absolute atomic E-state index is 10.9. The van der Waals surface area contributed by atoms with Crippen LogP contribution in [0.4, 0.5) is 0 Å². The van der Waals surface area contributed by atoms with E-state index >= 15 is 0 Å². The monoisotopic (exact) mass is 224 g/mol. The molecule has 0 amide bonds. The standard InChI is InChI=1S/C10H9ClN2O2/c1-6(10(14)15)7-3-2-4-8-9(11)12-5-13(7)8/h2-6H,1H3,(H,14,15). The van der Waals surface area contributed by atoms with Crippen LogP contribution in [0.25, 0.3) is 5.52 Å². The van der Waals surface area contributed by atoms with Crippen LogP contribution in [0.15, 0.2) is 24.5 Å². The van der Waals surface area contributed by atoms with Gasteiger partial charge < -0.3 is 9.51 Å². The first-order valence-electron chi connectivity index (χ1n) is 4.45. The molecule has 0 saturated carbocycles. The summed E-state index contributed by atoms with van der Waals surface area (Å²) in [6, 6.07) is 5.33. The highest BCUT2D eigenvalue weighted by molar-refractivity contribution is 6.32. The van der Waals surface area contributed by atoms with Crippen molar-refractivity contribution in [1.82, 2.24) is 9.38 Å². The minimum Gasteiger partial charge on any atom is -0.481 e. The largest absolute Gasteiger partial charge is 0.481 e. The number of pyridine rings is 1. The van der Waals surface area contributed by atoms with E-state index in [1.807, 2.05) is 0 Å². The second-order valence-electron chi connectivity index (χ2n) is 3.30. The molecule has 0 spiro atoms. The number of carboxylic acids is 1. The number of aliphatic carboxylic acids is 1. The van der Waals surface area contributed by atoms with E-state index < -0.39 is 11.9 Å². The number of aromatic nitrogens is 2. The fourth-order valence-electron chi connectivity index (χ4n) is 1.49. The number of fused-ring (bicyclic) bond motifs is 1. The van der Waals surface area contributed by atoms with Gasteiger partial charge in [-0.3, -0.25) is 4.79 Å². The van der Waals surface area contributed by atoms with Crippen LogP contribution in [-0.2, 0) is 4.79 Å². The third-order valence-electron chi connectivity index (χ3n) is 2.37. The summed E-state index contributed by atoms with van der Waals surface area (Å²) in [6.07, 6.45) is 1.53. The number of hydrogen-bond donors (Lipinski definition) is 1. The zero-order valence-electron chi connectivity index (χ0n) is 8.01.